The third-order valence-corrected chi connectivity index (χ3v) is 3.51. The largest absolute Gasteiger partial charge is 0.493 e. The number of aryl methyl sites for hydroxylation is 1. The molecule has 0 saturated carbocycles. The molecular formula is C15H23NO2. The van der Waals surface area contributed by atoms with Crippen molar-refractivity contribution in [2.24, 2.45) is 5.92 Å². The number of ether oxygens (including phenoxy) is 1. The van der Waals surface area contributed by atoms with Crippen molar-refractivity contribution in [1.82, 2.24) is 5.32 Å². The summed E-state index contributed by atoms with van der Waals surface area (Å²) < 4.78 is 5.91. The van der Waals surface area contributed by atoms with Gasteiger partial charge in [0.25, 0.3) is 0 Å². The molecule has 0 aromatic heterocycles. The summed E-state index contributed by atoms with van der Waals surface area (Å²) in [4.78, 5) is 0. The van der Waals surface area contributed by atoms with Gasteiger partial charge in [0, 0.05) is 19.1 Å². The van der Waals surface area contributed by atoms with Gasteiger partial charge < -0.3 is 15.2 Å². The molecule has 1 aromatic carbocycles. The average molecular weight is 249 g/mol. The van der Waals surface area contributed by atoms with Crippen molar-refractivity contribution in [2.45, 2.75) is 26.2 Å². The summed E-state index contributed by atoms with van der Waals surface area (Å²) >= 11 is 0. The van der Waals surface area contributed by atoms with Crippen LogP contribution in [0.25, 0.3) is 0 Å². The fourth-order valence-electron chi connectivity index (χ4n) is 2.43. The number of rotatable bonds is 5. The first-order valence-electron chi connectivity index (χ1n) is 6.83. The second-order valence-corrected chi connectivity index (χ2v) is 5.10. The van der Waals surface area contributed by atoms with Crippen molar-refractivity contribution < 1.29 is 9.84 Å². The normalized spacial score (nSPS) is 19.8. The Labute approximate surface area is 109 Å². The van der Waals surface area contributed by atoms with Crippen molar-refractivity contribution >= 4 is 0 Å². The Morgan fingerprint density at radius 2 is 2.33 bits per heavy atom. The van der Waals surface area contributed by atoms with Crippen LogP contribution in [0.5, 0.6) is 5.75 Å². The van der Waals surface area contributed by atoms with E-state index in [4.69, 9.17) is 9.84 Å². The third kappa shape index (κ3) is 3.72. The summed E-state index contributed by atoms with van der Waals surface area (Å²) in [5.41, 5.74) is 2.33. The van der Waals surface area contributed by atoms with Gasteiger partial charge in [-0.05, 0) is 49.9 Å². The summed E-state index contributed by atoms with van der Waals surface area (Å²) in [6.45, 7) is 5.28. The molecule has 3 heteroatoms. The van der Waals surface area contributed by atoms with E-state index >= 15 is 0 Å². The van der Waals surface area contributed by atoms with Crippen LogP contribution < -0.4 is 10.1 Å². The van der Waals surface area contributed by atoms with Crippen molar-refractivity contribution in [3.05, 3.63) is 29.3 Å². The molecular weight excluding hydrogens is 226 g/mol. The highest BCUT2D eigenvalue weighted by molar-refractivity contribution is 5.36. The molecule has 3 nitrogen and oxygen atoms in total. The standard InChI is InChI=1S/C15H23NO2/c1-12-9-13(6-8-17)4-5-15(12)18-11-14-3-2-7-16-10-14/h4-5,9,14,16-17H,2-3,6-8,10-11H2,1H3. The Balaban J connectivity index is 1.88. The van der Waals surface area contributed by atoms with Gasteiger partial charge in [-0.15, -0.1) is 0 Å². The van der Waals surface area contributed by atoms with Crippen LogP contribution in [0.2, 0.25) is 0 Å². The van der Waals surface area contributed by atoms with Gasteiger partial charge in [0.2, 0.25) is 0 Å². The Bertz CT molecular complexity index is 373. The van der Waals surface area contributed by atoms with E-state index in [2.05, 4.69) is 18.3 Å². The predicted octanol–water partition coefficient (Wildman–Crippen LogP) is 1.91. The number of aliphatic hydroxyl groups is 1. The first-order chi connectivity index (χ1) is 8.79. The molecule has 1 heterocycles. The van der Waals surface area contributed by atoms with E-state index in [1.165, 1.54) is 18.4 Å². The fraction of sp³-hybridized carbons (Fsp3) is 0.600. The van der Waals surface area contributed by atoms with Crippen molar-refractivity contribution in [3.8, 4) is 5.75 Å². The summed E-state index contributed by atoms with van der Waals surface area (Å²) in [6.07, 6.45) is 3.23. The summed E-state index contributed by atoms with van der Waals surface area (Å²) in [6, 6.07) is 6.17. The molecule has 1 unspecified atom stereocenters. The zero-order valence-electron chi connectivity index (χ0n) is 11.1. The molecule has 0 spiro atoms. The lowest BCUT2D eigenvalue weighted by molar-refractivity contribution is 0.217. The highest BCUT2D eigenvalue weighted by Gasteiger charge is 2.13. The van der Waals surface area contributed by atoms with Crippen LogP contribution in [0.4, 0.5) is 0 Å². The number of hydrogen-bond donors (Lipinski definition) is 2. The molecule has 2 rings (SSSR count). The summed E-state index contributed by atoms with van der Waals surface area (Å²) in [7, 11) is 0. The van der Waals surface area contributed by atoms with E-state index in [0.717, 1.165) is 31.0 Å². The van der Waals surface area contributed by atoms with Crippen LogP contribution in [0, 0.1) is 12.8 Å². The molecule has 1 aromatic rings. The zero-order valence-corrected chi connectivity index (χ0v) is 11.1. The van der Waals surface area contributed by atoms with E-state index in [0.29, 0.717) is 12.3 Å². The molecule has 18 heavy (non-hydrogen) atoms. The minimum Gasteiger partial charge on any atom is -0.493 e. The maximum Gasteiger partial charge on any atom is 0.122 e. The first kappa shape index (κ1) is 13.4. The van der Waals surface area contributed by atoms with E-state index in [1.54, 1.807) is 0 Å². The molecule has 1 atom stereocenters. The monoisotopic (exact) mass is 249 g/mol. The van der Waals surface area contributed by atoms with Gasteiger partial charge in [-0.1, -0.05) is 12.1 Å². The minimum atomic E-state index is 0.202. The van der Waals surface area contributed by atoms with Gasteiger partial charge >= 0.3 is 0 Å². The minimum absolute atomic E-state index is 0.202. The van der Waals surface area contributed by atoms with Crippen LogP contribution in [0.1, 0.15) is 24.0 Å². The molecule has 1 fully saturated rings. The fourth-order valence-corrected chi connectivity index (χ4v) is 2.43. The first-order valence-corrected chi connectivity index (χ1v) is 6.83. The predicted molar refractivity (Wildman–Crippen MR) is 73.1 cm³/mol. The van der Waals surface area contributed by atoms with Crippen LogP contribution in [0.15, 0.2) is 18.2 Å². The zero-order chi connectivity index (χ0) is 12.8. The molecule has 1 aliphatic rings. The average Bonchev–Trinajstić information content (AvgIpc) is 2.39. The van der Waals surface area contributed by atoms with E-state index in [9.17, 15) is 0 Å². The van der Waals surface area contributed by atoms with Crippen LogP contribution in [-0.2, 0) is 6.42 Å². The Morgan fingerprint density at radius 1 is 1.44 bits per heavy atom. The lowest BCUT2D eigenvalue weighted by Crippen LogP contribution is -2.33. The van der Waals surface area contributed by atoms with Gasteiger partial charge in [-0.25, -0.2) is 0 Å². The van der Waals surface area contributed by atoms with E-state index in [1.807, 2.05) is 12.1 Å². The number of aliphatic hydroxyl groups excluding tert-OH is 1. The highest BCUT2D eigenvalue weighted by Crippen LogP contribution is 2.21. The van der Waals surface area contributed by atoms with Crippen LogP contribution in [0.3, 0.4) is 0 Å². The smallest absolute Gasteiger partial charge is 0.122 e. The second kappa shape index (κ2) is 6.76. The van der Waals surface area contributed by atoms with Crippen molar-refractivity contribution in [1.29, 1.82) is 0 Å². The number of piperidine rings is 1. The number of hydrogen-bond acceptors (Lipinski definition) is 3. The maximum absolute atomic E-state index is 8.92. The van der Waals surface area contributed by atoms with Gasteiger partial charge in [0.1, 0.15) is 5.75 Å². The summed E-state index contributed by atoms with van der Waals surface area (Å²) in [5.74, 6) is 1.61. The van der Waals surface area contributed by atoms with Crippen LogP contribution in [-0.4, -0.2) is 31.4 Å². The lowest BCUT2D eigenvalue weighted by atomic mass is 10.0. The topological polar surface area (TPSA) is 41.5 Å². The third-order valence-electron chi connectivity index (χ3n) is 3.51. The molecule has 1 aliphatic heterocycles. The lowest BCUT2D eigenvalue weighted by Gasteiger charge is -2.23. The molecule has 2 N–H and O–H groups in total. The van der Waals surface area contributed by atoms with Crippen molar-refractivity contribution in [2.75, 3.05) is 26.3 Å². The molecule has 100 valence electrons. The van der Waals surface area contributed by atoms with Gasteiger partial charge in [-0.3, -0.25) is 0 Å². The Hall–Kier alpha value is -1.06. The SMILES string of the molecule is Cc1cc(CCO)ccc1OCC1CCCNC1. The molecule has 0 radical (unpaired) electrons. The van der Waals surface area contributed by atoms with Crippen LogP contribution >= 0.6 is 0 Å². The molecule has 0 amide bonds. The van der Waals surface area contributed by atoms with Gasteiger partial charge in [-0.2, -0.15) is 0 Å². The number of nitrogens with one attached hydrogen (secondary N) is 1. The van der Waals surface area contributed by atoms with E-state index < -0.39 is 0 Å². The Kier molecular flexibility index (Phi) is 5.02. The molecule has 0 bridgehead atoms. The van der Waals surface area contributed by atoms with Gasteiger partial charge in [0.15, 0.2) is 0 Å². The van der Waals surface area contributed by atoms with E-state index in [-0.39, 0.29) is 6.61 Å². The Morgan fingerprint density at radius 3 is 3.00 bits per heavy atom. The molecule has 1 saturated heterocycles. The number of benzene rings is 1. The highest BCUT2D eigenvalue weighted by atomic mass is 16.5. The quantitative estimate of drug-likeness (QED) is 0.837. The second-order valence-electron chi connectivity index (χ2n) is 5.10. The van der Waals surface area contributed by atoms with Crippen molar-refractivity contribution in [3.63, 3.8) is 0 Å². The van der Waals surface area contributed by atoms with Gasteiger partial charge in [0.05, 0.1) is 6.61 Å². The maximum atomic E-state index is 8.92. The molecule has 0 aliphatic carbocycles. The summed E-state index contributed by atoms with van der Waals surface area (Å²) in [5, 5.41) is 12.3.